The summed E-state index contributed by atoms with van der Waals surface area (Å²) in [5.74, 6) is -4.15. The fourth-order valence-electron chi connectivity index (χ4n) is 9.34. The molecule has 0 aliphatic heterocycles. The van der Waals surface area contributed by atoms with Crippen LogP contribution in [0.3, 0.4) is 0 Å². The summed E-state index contributed by atoms with van der Waals surface area (Å²) in [7, 11) is 0. The van der Waals surface area contributed by atoms with Crippen LogP contribution in [0.5, 0.6) is 0 Å². The van der Waals surface area contributed by atoms with Crippen LogP contribution < -0.4 is 31.9 Å². The molecule has 0 aromatic carbocycles. The van der Waals surface area contributed by atoms with E-state index in [1.807, 2.05) is 83.1 Å². The first kappa shape index (κ1) is 69.5. The molecule has 0 saturated carbocycles. The van der Waals surface area contributed by atoms with Crippen molar-refractivity contribution in [3.8, 4) is 0 Å². The molecule has 0 aliphatic carbocycles. The SMILES string of the molecule is CC(=O)CC[C@H](CC(C)C)NC(=O)NC[C@H](C)CC(=O)CC[C@@H](NC(=O)[C@@H](CC(=O)[C@H](C)NC(=O)[C@@H](CC(=O)[C@H](C)NC(=O)[C@@H](CC(=O)[C@H](C)NC(=O)[C@@H](C)CC(C)C)CC(C)C)CC(C)C)CC(C)C)C(C)C. The summed E-state index contributed by atoms with van der Waals surface area (Å²) in [6, 6.07) is -3.50. The molecule has 74 heavy (non-hydrogen) atoms. The summed E-state index contributed by atoms with van der Waals surface area (Å²) in [5.41, 5.74) is 0. The maximum absolute atomic E-state index is 13.9. The van der Waals surface area contributed by atoms with Crippen molar-refractivity contribution in [1.29, 1.82) is 0 Å². The monoisotopic (exact) mass is 1040 g/mol. The second-order valence-electron chi connectivity index (χ2n) is 24.4. The number of rotatable bonds is 39. The van der Waals surface area contributed by atoms with Gasteiger partial charge in [-0.25, -0.2) is 4.79 Å². The molecule has 0 rings (SSSR count). The van der Waals surface area contributed by atoms with E-state index in [1.54, 1.807) is 20.8 Å². The standard InChI is InChI=1S/C58H104N6O10/c1-33(2)23-40(14)54(70)60-42(16)51(67)29-45(24-34(3)4)55(71)61-43(17)52(68)30-46(25-35(5)6)56(72)62-44(18)53(69)31-47(26-36(7)8)57(73)64-50(38(11)12)22-21-49(66)28-39(13)32-59-58(74)63-48(27-37(9)10)20-19-41(15)65/h33-40,42-48,50H,19-32H2,1-18H3,(H,60,70)(H,61,71)(H,62,72)(H,64,73)(H2,59,63,74)/t39-,40+,42+,43+,44+,45-,46-,47-,48-,50-/m1/s1. The van der Waals surface area contributed by atoms with Gasteiger partial charge in [0.1, 0.15) is 11.6 Å². The molecule has 0 radical (unpaired) electrons. The summed E-state index contributed by atoms with van der Waals surface area (Å²) in [4.78, 5) is 132. The number of urea groups is 1. The molecule has 0 aromatic rings. The van der Waals surface area contributed by atoms with E-state index in [1.165, 1.54) is 6.92 Å². The van der Waals surface area contributed by atoms with E-state index in [0.29, 0.717) is 63.3 Å². The van der Waals surface area contributed by atoms with Crippen LogP contribution in [0.4, 0.5) is 4.79 Å². The van der Waals surface area contributed by atoms with Crippen molar-refractivity contribution in [1.82, 2.24) is 31.9 Å². The van der Waals surface area contributed by atoms with E-state index < -0.39 is 47.7 Å². The average Bonchev–Trinajstić information content (AvgIpc) is 3.26. The normalized spacial score (nSPS) is 15.8. The van der Waals surface area contributed by atoms with Gasteiger partial charge in [-0.1, -0.05) is 96.9 Å². The van der Waals surface area contributed by atoms with E-state index in [4.69, 9.17) is 0 Å². The zero-order chi connectivity index (χ0) is 57.2. The molecule has 0 fully saturated rings. The first-order valence-electron chi connectivity index (χ1n) is 28.1. The number of hydrogen-bond acceptors (Lipinski definition) is 10. The number of carbonyl (C=O) groups excluding carboxylic acids is 10. The smallest absolute Gasteiger partial charge is 0.315 e. The number of carbonyl (C=O) groups is 10. The van der Waals surface area contributed by atoms with Crippen molar-refractivity contribution in [2.75, 3.05) is 6.54 Å². The van der Waals surface area contributed by atoms with Gasteiger partial charge in [-0.15, -0.1) is 0 Å². The van der Waals surface area contributed by atoms with Gasteiger partial charge in [-0.2, -0.15) is 0 Å². The predicted molar refractivity (Wildman–Crippen MR) is 294 cm³/mol. The van der Waals surface area contributed by atoms with Gasteiger partial charge in [0.05, 0.1) is 18.1 Å². The van der Waals surface area contributed by atoms with Gasteiger partial charge >= 0.3 is 6.03 Å². The van der Waals surface area contributed by atoms with Gasteiger partial charge in [0.2, 0.25) is 23.6 Å². The first-order chi connectivity index (χ1) is 34.2. The molecule has 0 spiro atoms. The Morgan fingerprint density at radius 1 is 0.392 bits per heavy atom. The highest BCUT2D eigenvalue weighted by Gasteiger charge is 2.33. The summed E-state index contributed by atoms with van der Waals surface area (Å²) < 4.78 is 0. The van der Waals surface area contributed by atoms with Crippen LogP contribution in [0.2, 0.25) is 0 Å². The lowest BCUT2D eigenvalue weighted by Crippen LogP contribution is -2.47. The fraction of sp³-hybridized carbons (Fsp3) is 0.828. The summed E-state index contributed by atoms with van der Waals surface area (Å²) in [5, 5.41) is 17.3. The van der Waals surface area contributed by atoms with Crippen LogP contribution in [0, 0.1) is 65.1 Å². The molecule has 16 heteroatoms. The van der Waals surface area contributed by atoms with E-state index in [-0.39, 0.29) is 126 Å². The van der Waals surface area contributed by atoms with Crippen molar-refractivity contribution in [2.24, 2.45) is 65.1 Å². The third kappa shape index (κ3) is 30.8. The summed E-state index contributed by atoms with van der Waals surface area (Å²) in [6.45, 7) is 34.1. The lowest BCUT2D eigenvalue weighted by Gasteiger charge is -2.27. The summed E-state index contributed by atoms with van der Waals surface area (Å²) >= 11 is 0. The molecule has 0 heterocycles. The Balaban J connectivity index is 5.66. The molecule has 6 N–H and O–H groups in total. The highest BCUT2D eigenvalue weighted by Crippen LogP contribution is 2.23. The molecule has 0 aliphatic rings. The Morgan fingerprint density at radius 3 is 1.14 bits per heavy atom. The molecule has 426 valence electrons. The molecule has 0 aromatic heterocycles. The van der Waals surface area contributed by atoms with Gasteiger partial charge in [-0.05, 0) is 114 Å². The molecule has 0 saturated heterocycles. The zero-order valence-corrected chi connectivity index (χ0v) is 49.2. The van der Waals surface area contributed by atoms with E-state index >= 15 is 0 Å². The van der Waals surface area contributed by atoms with Crippen LogP contribution in [0.1, 0.15) is 208 Å². The maximum atomic E-state index is 13.9. The minimum absolute atomic E-state index is 0.00798. The molecule has 6 amide bonds. The summed E-state index contributed by atoms with van der Waals surface area (Å²) in [6.07, 6.45) is 4.00. The lowest BCUT2D eigenvalue weighted by molar-refractivity contribution is -0.135. The third-order valence-electron chi connectivity index (χ3n) is 13.5. The van der Waals surface area contributed by atoms with Crippen molar-refractivity contribution in [2.45, 2.75) is 238 Å². The van der Waals surface area contributed by atoms with Crippen LogP contribution in [-0.2, 0) is 43.2 Å². The van der Waals surface area contributed by atoms with Crippen molar-refractivity contribution in [3.63, 3.8) is 0 Å². The van der Waals surface area contributed by atoms with E-state index in [9.17, 15) is 47.9 Å². The Morgan fingerprint density at radius 2 is 0.770 bits per heavy atom. The highest BCUT2D eigenvalue weighted by atomic mass is 16.2. The van der Waals surface area contributed by atoms with E-state index in [2.05, 4.69) is 45.7 Å². The minimum atomic E-state index is -0.963. The maximum Gasteiger partial charge on any atom is 0.315 e. The first-order valence-corrected chi connectivity index (χ1v) is 28.1. The highest BCUT2D eigenvalue weighted by molar-refractivity contribution is 5.97. The molecular weight excluding hydrogens is 941 g/mol. The van der Waals surface area contributed by atoms with Crippen molar-refractivity contribution in [3.05, 3.63) is 0 Å². The quantitative estimate of drug-likeness (QED) is 0.0342. The molecule has 16 nitrogen and oxygen atoms in total. The Bertz CT molecular complexity index is 1810. The van der Waals surface area contributed by atoms with Gasteiger partial charge in [-0.3, -0.25) is 38.4 Å². The van der Waals surface area contributed by atoms with Gasteiger partial charge in [0.15, 0.2) is 17.3 Å². The number of nitrogens with one attached hydrogen (secondary N) is 6. The number of hydrogen-bond donors (Lipinski definition) is 6. The number of Topliss-reactive ketones (excluding diaryl/α,β-unsaturated/α-hetero) is 5. The van der Waals surface area contributed by atoms with E-state index in [0.717, 1.165) is 6.42 Å². The van der Waals surface area contributed by atoms with Crippen LogP contribution in [0.15, 0.2) is 0 Å². The largest absolute Gasteiger partial charge is 0.353 e. The average molecular weight is 1050 g/mol. The molecule has 0 bridgehead atoms. The Labute approximate surface area is 446 Å². The second kappa shape index (κ2) is 35.7. The van der Waals surface area contributed by atoms with Crippen LogP contribution >= 0.6 is 0 Å². The van der Waals surface area contributed by atoms with Gasteiger partial charge in [0.25, 0.3) is 0 Å². The molecular formula is C58H104N6O10. The lowest BCUT2D eigenvalue weighted by atomic mass is 9.87. The van der Waals surface area contributed by atoms with Crippen molar-refractivity contribution >= 4 is 58.6 Å². The van der Waals surface area contributed by atoms with Crippen LogP contribution in [-0.4, -0.2) is 95.3 Å². The second-order valence-corrected chi connectivity index (χ2v) is 24.4. The van der Waals surface area contributed by atoms with Gasteiger partial charge in [0, 0.05) is 80.8 Å². The minimum Gasteiger partial charge on any atom is -0.353 e. The molecule has 0 unspecified atom stereocenters. The number of ketones is 5. The third-order valence-corrected chi connectivity index (χ3v) is 13.5. The fourth-order valence-corrected chi connectivity index (χ4v) is 9.34. The van der Waals surface area contributed by atoms with Crippen molar-refractivity contribution < 1.29 is 47.9 Å². The Hall–Kier alpha value is -4.50. The van der Waals surface area contributed by atoms with Gasteiger partial charge < -0.3 is 36.7 Å². The zero-order valence-electron chi connectivity index (χ0n) is 49.2. The molecule has 10 atom stereocenters. The predicted octanol–water partition coefficient (Wildman–Crippen LogP) is 8.65. The Kier molecular flexibility index (Phi) is 33.5. The number of amides is 6. The van der Waals surface area contributed by atoms with Crippen LogP contribution in [0.25, 0.3) is 0 Å². The topological polar surface area (TPSA) is 243 Å².